The van der Waals surface area contributed by atoms with Crippen LogP contribution in [0.25, 0.3) is 0 Å². The van der Waals surface area contributed by atoms with Gasteiger partial charge in [0.05, 0.1) is 5.60 Å². The highest BCUT2D eigenvalue weighted by Crippen LogP contribution is 2.39. The first-order valence-electron chi connectivity index (χ1n) is 7.95. The van der Waals surface area contributed by atoms with Crippen LogP contribution in [0.4, 0.5) is 8.78 Å². The molecule has 3 nitrogen and oxygen atoms in total. The molecule has 124 valence electrons. The molecule has 0 bridgehead atoms. The SMILES string of the molecule is COCCCC[C@@](O)(c1cc(F)ccc1F)C1CCCNC1. The second-order valence-corrected chi connectivity index (χ2v) is 6.04. The molecule has 1 aliphatic heterocycles. The van der Waals surface area contributed by atoms with Crippen molar-refractivity contribution in [2.24, 2.45) is 5.92 Å². The number of benzene rings is 1. The van der Waals surface area contributed by atoms with Gasteiger partial charge in [-0.3, -0.25) is 0 Å². The zero-order valence-electron chi connectivity index (χ0n) is 13.1. The molecule has 1 aromatic rings. The summed E-state index contributed by atoms with van der Waals surface area (Å²) in [5.41, 5.74) is -1.26. The molecule has 1 unspecified atom stereocenters. The third kappa shape index (κ3) is 4.03. The monoisotopic (exact) mass is 313 g/mol. The van der Waals surface area contributed by atoms with Gasteiger partial charge in [0.2, 0.25) is 0 Å². The van der Waals surface area contributed by atoms with Crippen molar-refractivity contribution in [1.82, 2.24) is 5.32 Å². The Morgan fingerprint density at radius 1 is 1.36 bits per heavy atom. The van der Waals surface area contributed by atoms with Gasteiger partial charge in [0.25, 0.3) is 0 Å². The summed E-state index contributed by atoms with van der Waals surface area (Å²) in [6.07, 6.45) is 3.64. The fourth-order valence-corrected chi connectivity index (χ4v) is 3.29. The fraction of sp³-hybridized carbons (Fsp3) is 0.647. The van der Waals surface area contributed by atoms with E-state index >= 15 is 0 Å². The van der Waals surface area contributed by atoms with Gasteiger partial charge in [-0.25, -0.2) is 8.78 Å². The lowest BCUT2D eigenvalue weighted by molar-refractivity contribution is -0.0463. The molecule has 0 aromatic heterocycles. The number of ether oxygens (including phenoxy) is 1. The van der Waals surface area contributed by atoms with Crippen molar-refractivity contribution < 1.29 is 18.6 Å². The van der Waals surface area contributed by atoms with Crippen LogP contribution in [0.2, 0.25) is 0 Å². The lowest BCUT2D eigenvalue weighted by Crippen LogP contribution is -2.45. The van der Waals surface area contributed by atoms with E-state index in [9.17, 15) is 13.9 Å². The van der Waals surface area contributed by atoms with Crippen LogP contribution >= 0.6 is 0 Å². The highest BCUT2D eigenvalue weighted by molar-refractivity contribution is 5.26. The van der Waals surface area contributed by atoms with Gasteiger partial charge < -0.3 is 15.2 Å². The third-order valence-electron chi connectivity index (χ3n) is 4.52. The van der Waals surface area contributed by atoms with Gasteiger partial charge in [-0.2, -0.15) is 0 Å². The average Bonchev–Trinajstić information content (AvgIpc) is 2.54. The van der Waals surface area contributed by atoms with Gasteiger partial charge in [-0.1, -0.05) is 0 Å². The summed E-state index contributed by atoms with van der Waals surface area (Å²) in [6.45, 7) is 2.13. The molecule has 2 rings (SSSR count). The summed E-state index contributed by atoms with van der Waals surface area (Å²) in [6, 6.07) is 3.32. The normalized spacial score (nSPS) is 21.5. The zero-order valence-corrected chi connectivity index (χ0v) is 13.1. The minimum Gasteiger partial charge on any atom is -0.385 e. The molecule has 5 heteroatoms. The molecule has 0 radical (unpaired) electrons. The molecule has 2 atom stereocenters. The van der Waals surface area contributed by atoms with Gasteiger partial charge in [-0.05, 0) is 56.8 Å². The van der Waals surface area contributed by atoms with Crippen molar-refractivity contribution in [3.63, 3.8) is 0 Å². The lowest BCUT2D eigenvalue weighted by atomic mass is 9.74. The largest absolute Gasteiger partial charge is 0.385 e. The van der Waals surface area contributed by atoms with Crippen LogP contribution in [0, 0.1) is 17.6 Å². The Morgan fingerprint density at radius 3 is 2.86 bits per heavy atom. The first-order valence-corrected chi connectivity index (χ1v) is 7.95. The van der Waals surface area contributed by atoms with Crippen LogP contribution < -0.4 is 5.32 Å². The van der Waals surface area contributed by atoms with Crippen LogP contribution in [0.15, 0.2) is 18.2 Å². The predicted octanol–water partition coefficient (Wildman–Crippen LogP) is 2.97. The van der Waals surface area contributed by atoms with E-state index in [0.717, 1.165) is 44.0 Å². The van der Waals surface area contributed by atoms with Gasteiger partial charge in [-0.15, -0.1) is 0 Å². The maximum atomic E-state index is 14.2. The van der Waals surface area contributed by atoms with Crippen LogP contribution in [-0.2, 0) is 10.3 Å². The molecule has 0 spiro atoms. The van der Waals surface area contributed by atoms with E-state index in [0.29, 0.717) is 26.0 Å². The van der Waals surface area contributed by atoms with Crippen LogP contribution in [0.3, 0.4) is 0 Å². The Bertz CT molecular complexity index is 478. The number of piperidine rings is 1. The number of halogens is 2. The molecule has 0 amide bonds. The molecular formula is C17H25F2NO2. The van der Waals surface area contributed by atoms with Gasteiger partial charge >= 0.3 is 0 Å². The molecule has 1 aromatic carbocycles. The number of unbranched alkanes of at least 4 members (excludes halogenated alkanes) is 1. The maximum Gasteiger partial charge on any atom is 0.129 e. The first kappa shape index (κ1) is 17.3. The minimum absolute atomic E-state index is 0.0821. The quantitative estimate of drug-likeness (QED) is 0.761. The molecule has 1 saturated heterocycles. The van der Waals surface area contributed by atoms with Crippen molar-refractivity contribution in [3.8, 4) is 0 Å². The smallest absolute Gasteiger partial charge is 0.129 e. The van der Waals surface area contributed by atoms with E-state index in [1.54, 1.807) is 7.11 Å². The average molecular weight is 313 g/mol. The Balaban J connectivity index is 2.24. The van der Waals surface area contributed by atoms with Gasteiger partial charge in [0.15, 0.2) is 0 Å². The van der Waals surface area contributed by atoms with E-state index in [2.05, 4.69) is 5.32 Å². The van der Waals surface area contributed by atoms with Crippen molar-refractivity contribution in [2.75, 3.05) is 26.8 Å². The number of hydrogen-bond acceptors (Lipinski definition) is 3. The molecule has 0 saturated carbocycles. The molecule has 2 N–H and O–H groups in total. The van der Waals surface area contributed by atoms with E-state index in [1.807, 2.05) is 0 Å². The summed E-state index contributed by atoms with van der Waals surface area (Å²) in [4.78, 5) is 0. The van der Waals surface area contributed by atoms with Crippen molar-refractivity contribution >= 4 is 0 Å². The summed E-state index contributed by atoms with van der Waals surface area (Å²) >= 11 is 0. The maximum absolute atomic E-state index is 14.2. The van der Waals surface area contributed by atoms with Crippen molar-refractivity contribution in [1.29, 1.82) is 0 Å². The fourth-order valence-electron chi connectivity index (χ4n) is 3.29. The van der Waals surface area contributed by atoms with E-state index in [1.165, 1.54) is 0 Å². The third-order valence-corrected chi connectivity index (χ3v) is 4.52. The zero-order chi connectivity index (χ0) is 16.0. The topological polar surface area (TPSA) is 41.5 Å². The van der Waals surface area contributed by atoms with E-state index in [-0.39, 0.29) is 11.5 Å². The van der Waals surface area contributed by atoms with Crippen molar-refractivity contribution in [2.45, 2.75) is 37.7 Å². The Hall–Kier alpha value is -1.04. The first-order chi connectivity index (χ1) is 10.6. The van der Waals surface area contributed by atoms with Crippen LogP contribution in [0.5, 0.6) is 0 Å². The van der Waals surface area contributed by atoms with Crippen LogP contribution in [-0.4, -0.2) is 31.9 Å². The molecule has 1 fully saturated rings. The molecule has 1 heterocycles. The number of aliphatic hydroxyl groups is 1. The van der Waals surface area contributed by atoms with E-state index in [4.69, 9.17) is 4.74 Å². The molecular weight excluding hydrogens is 288 g/mol. The van der Waals surface area contributed by atoms with Gasteiger partial charge in [0.1, 0.15) is 11.6 Å². The standard InChI is InChI=1S/C17H25F2NO2/c1-22-10-3-2-8-17(21,13-5-4-9-20-12-13)15-11-14(18)6-7-16(15)19/h6-7,11,13,20-21H,2-5,8-10,12H2,1H3/t13?,17-/m0/s1. The number of nitrogens with one attached hydrogen (secondary N) is 1. The summed E-state index contributed by atoms with van der Waals surface area (Å²) in [5, 5.41) is 14.5. The summed E-state index contributed by atoms with van der Waals surface area (Å²) in [7, 11) is 1.63. The van der Waals surface area contributed by atoms with Crippen LogP contribution in [0.1, 0.15) is 37.7 Å². The Morgan fingerprint density at radius 2 is 2.18 bits per heavy atom. The predicted molar refractivity (Wildman–Crippen MR) is 81.6 cm³/mol. The lowest BCUT2D eigenvalue weighted by Gasteiger charge is -2.39. The Labute approximate surface area is 130 Å². The highest BCUT2D eigenvalue weighted by Gasteiger charge is 2.40. The summed E-state index contributed by atoms with van der Waals surface area (Å²) < 4.78 is 32.8. The Kier molecular flexibility index (Phi) is 6.29. The van der Waals surface area contributed by atoms with Gasteiger partial charge in [0, 0.05) is 31.7 Å². The molecule has 22 heavy (non-hydrogen) atoms. The summed E-state index contributed by atoms with van der Waals surface area (Å²) in [5.74, 6) is -1.17. The number of hydrogen-bond donors (Lipinski definition) is 2. The minimum atomic E-state index is -1.34. The molecule has 1 aliphatic rings. The highest BCUT2D eigenvalue weighted by atomic mass is 19.1. The second-order valence-electron chi connectivity index (χ2n) is 6.04. The van der Waals surface area contributed by atoms with E-state index < -0.39 is 17.2 Å². The molecule has 0 aliphatic carbocycles. The second kappa shape index (κ2) is 7.99. The van der Waals surface area contributed by atoms with Crippen molar-refractivity contribution in [3.05, 3.63) is 35.4 Å². The number of rotatable bonds is 7. The number of methoxy groups -OCH3 is 1.